The first-order valence-corrected chi connectivity index (χ1v) is 8.76. The van der Waals surface area contributed by atoms with Gasteiger partial charge in [0.2, 0.25) is 0 Å². The number of rotatable bonds is 1. The molecule has 0 spiro atoms. The van der Waals surface area contributed by atoms with Crippen LogP contribution < -0.4 is 0 Å². The highest BCUT2D eigenvalue weighted by molar-refractivity contribution is 8.00. The van der Waals surface area contributed by atoms with E-state index >= 15 is 0 Å². The van der Waals surface area contributed by atoms with Gasteiger partial charge in [0.15, 0.2) is 0 Å². The maximum Gasteiger partial charge on any atom is 0.149 e. The Balaban J connectivity index is 1.95. The Morgan fingerprint density at radius 3 is 2.75 bits per heavy atom. The Hall–Kier alpha value is -1.91. The molecule has 0 saturated carbocycles. The van der Waals surface area contributed by atoms with Gasteiger partial charge >= 0.3 is 0 Å². The minimum atomic E-state index is -0.329. The van der Waals surface area contributed by atoms with E-state index in [1.165, 1.54) is 6.07 Å². The van der Waals surface area contributed by atoms with Crippen LogP contribution in [0.5, 0.6) is 0 Å². The molecular formula is C19H14ClFN2S. The normalized spacial score (nSPS) is 15.9. The summed E-state index contributed by atoms with van der Waals surface area (Å²) < 4.78 is 13.9. The van der Waals surface area contributed by atoms with Gasteiger partial charge in [-0.1, -0.05) is 47.6 Å². The van der Waals surface area contributed by atoms with Crippen LogP contribution in [0.4, 0.5) is 4.39 Å². The Morgan fingerprint density at radius 2 is 1.92 bits per heavy atom. The lowest BCUT2D eigenvalue weighted by Gasteiger charge is -2.29. The van der Waals surface area contributed by atoms with Crippen LogP contribution in [0.2, 0.25) is 5.02 Å². The lowest BCUT2D eigenvalue weighted by molar-refractivity contribution is 0.637. The highest BCUT2D eigenvalue weighted by Gasteiger charge is 2.29. The minimum absolute atomic E-state index is 0.316. The quantitative estimate of drug-likeness (QED) is 0.558. The predicted molar refractivity (Wildman–Crippen MR) is 98.7 cm³/mol. The van der Waals surface area contributed by atoms with Crippen molar-refractivity contribution in [2.45, 2.75) is 23.6 Å². The van der Waals surface area contributed by atoms with E-state index in [0.29, 0.717) is 5.52 Å². The molecule has 0 radical (unpaired) electrons. The average molecular weight is 357 g/mol. The topological polar surface area (TPSA) is 25.2 Å². The standard InChI is InChI=1S/C19H14ClFN2S/c1-19(2)23-16(13-6-4-7-14(20)18(13)24-19)12-9-11-5-3-8-15(21)17(11)22-10-12/h3-10H,1-2H3. The number of para-hydroxylation sites is 1. The first-order valence-electron chi connectivity index (χ1n) is 7.57. The Kier molecular flexibility index (Phi) is 3.62. The molecule has 0 aliphatic carbocycles. The van der Waals surface area contributed by atoms with Crippen molar-refractivity contribution in [3.8, 4) is 0 Å². The van der Waals surface area contributed by atoms with E-state index in [1.54, 1.807) is 24.0 Å². The average Bonchev–Trinajstić information content (AvgIpc) is 2.54. The number of aromatic nitrogens is 1. The zero-order valence-corrected chi connectivity index (χ0v) is 14.7. The van der Waals surface area contributed by atoms with Gasteiger partial charge in [-0.15, -0.1) is 0 Å². The van der Waals surface area contributed by atoms with E-state index in [2.05, 4.69) is 18.8 Å². The van der Waals surface area contributed by atoms with Gasteiger partial charge in [-0.2, -0.15) is 0 Å². The second-order valence-electron chi connectivity index (χ2n) is 6.16. The summed E-state index contributed by atoms with van der Waals surface area (Å²) in [5.74, 6) is -0.316. The van der Waals surface area contributed by atoms with Crippen molar-refractivity contribution >= 4 is 40.0 Å². The highest BCUT2D eigenvalue weighted by atomic mass is 35.5. The van der Waals surface area contributed by atoms with Gasteiger partial charge in [0.25, 0.3) is 0 Å². The molecule has 0 N–H and O–H groups in total. The summed E-state index contributed by atoms with van der Waals surface area (Å²) in [5.41, 5.74) is 3.07. The summed E-state index contributed by atoms with van der Waals surface area (Å²) in [6.45, 7) is 4.11. The zero-order valence-electron chi connectivity index (χ0n) is 13.2. The van der Waals surface area contributed by atoms with Crippen molar-refractivity contribution in [2.24, 2.45) is 4.99 Å². The highest BCUT2D eigenvalue weighted by Crippen LogP contribution is 2.44. The zero-order chi connectivity index (χ0) is 16.9. The molecule has 0 amide bonds. The van der Waals surface area contributed by atoms with Crippen LogP contribution in [-0.2, 0) is 0 Å². The summed E-state index contributed by atoms with van der Waals surface area (Å²) in [7, 11) is 0. The predicted octanol–water partition coefficient (Wildman–Crippen LogP) is 5.71. The molecule has 1 aliphatic rings. The van der Waals surface area contributed by atoms with Crippen molar-refractivity contribution in [1.29, 1.82) is 0 Å². The fraction of sp³-hybridized carbons (Fsp3) is 0.158. The number of hydrogen-bond donors (Lipinski definition) is 0. The van der Waals surface area contributed by atoms with Crippen LogP contribution in [0.15, 0.2) is 58.5 Å². The second-order valence-corrected chi connectivity index (χ2v) is 8.18. The largest absolute Gasteiger partial charge is 0.267 e. The molecule has 2 aromatic carbocycles. The van der Waals surface area contributed by atoms with Crippen LogP contribution in [0.1, 0.15) is 25.0 Å². The second kappa shape index (κ2) is 5.57. The molecule has 5 heteroatoms. The van der Waals surface area contributed by atoms with Crippen molar-refractivity contribution in [1.82, 2.24) is 4.98 Å². The number of pyridine rings is 1. The fourth-order valence-corrected chi connectivity index (χ4v) is 4.24. The van der Waals surface area contributed by atoms with Gasteiger partial charge in [0.1, 0.15) is 16.2 Å². The summed E-state index contributed by atoms with van der Waals surface area (Å²) in [6.07, 6.45) is 1.68. The molecule has 0 unspecified atom stereocenters. The number of benzene rings is 2. The molecule has 1 aliphatic heterocycles. The van der Waals surface area contributed by atoms with Gasteiger partial charge in [0, 0.05) is 27.6 Å². The van der Waals surface area contributed by atoms with Gasteiger partial charge in [-0.3, -0.25) is 9.98 Å². The third kappa shape index (κ3) is 2.60. The third-order valence-electron chi connectivity index (χ3n) is 3.89. The Bertz CT molecular complexity index is 998. The van der Waals surface area contributed by atoms with Crippen LogP contribution in [0.3, 0.4) is 0 Å². The summed E-state index contributed by atoms with van der Waals surface area (Å²) in [5, 5.41) is 1.48. The van der Waals surface area contributed by atoms with Crippen LogP contribution in [-0.4, -0.2) is 15.6 Å². The lowest BCUT2D eigenvalue weighted by Crippen LogP contribution is -2.22. The molecule has 0 bridgehead atoms. The SMILES string of the molecule is CC1(C)N=C(c2cnc3c(F)cccc3c2)c2cccc(Cl)c2S1. The Morgan fingerprint density at radius 1 is 1.12 bits per heavy atom. The first-order chi connectivity index (χ1) is 11.4. The monoisotopic (exact) mass is 356 g/mol. The molecule has 24 heavy (non-hydrogen) atoms. The lowest BCUT2D eigenvalue weighted by atomic mass is 10.0. The molecule has 120 valence electrons. The molecular weight excluding hydrogens is 343 g/mol. The summed E-state index contributed by atoms with van der Waals surface area (Å²) in [4.78, 5) is 9.88. The minimum Gasteiger partial charge on any atom is -0.267 e. The summed E-state index contributed by atoms with van der Waals surface area (Å²) >= 11 is 8.04. The number of thioether (sulfide) groups is 1. The van der Waals surface area contributed by atoms with Crippen molar-refractivity contribution in [3.05, 3.63) is 70.6 Å². The number of halogens is 2. The van der Waals surface area contributed by atoms with Gasteiger partial charge < -0.3 is 0 Å². The summed E-state index contributed by atoms with van der Waals surface area (Å²) in [6, 6.07) is 12.7. The number of fused-ring (bicyclic) bond motifs is 2. The van der Waals surface area contributed by atoms with Gasteiger partial charge in [-0.25, -0.2) is 4.39 Å². The van der Waals surface area contributed by atoms with Crippen LogP contribution in [0, 0.1) is 5.82 Å². The number of hydrogen-bond acceptors (Lipinski definition) is 3. The molecule has 4 rings (SSSR count). The Labute approximate surface area is 148 Å². The van der Waals surface area contributed by atoms with Crippen LogP contribution in [0.25, 0.3) is 10.9 Å². The van der Waals surface area contributed by atoms with Crippen LogP contribution >= 0.6 is 23.4 Å². The molecule has 3 aromatic rings. The molecule has 2 nitrogen and oxygen atoms in total. The van der Waals surface area contributed by atoms with E-state index in [9.17, 15) is 4.39 Å². The van der Waals surface area contributed by atoms with E-state index < -0.39 is 0 Å². The molecule has 0 atom stereocenters. The fourth-order valence-electron chi connectivity index (χ4n) is 2.87. The van der Waals surface area contributed by atoms with Crippen molar-refractivity contribution < 1.29 is 4.39 Å². The maximum atomic E-state index is 13.9. The van der Waals surface area contributed by atoms with E-state index in [4.69, 9.17) is 16.6 Å². The smallest absolute Gasteiger partial charge is 0.149 e. The van der Waals surface area contributed by atoms with E-state index in [1.807, 2.05) is 30.3 Å². The van der Waals surface area contributed by atoms with Gasteiger partial charge in [0.05, 0.1) is 10.7 Å². The molecule has 1 aromatic heterocycles. The third-order valence-corrected chi connectivity index (χ3v) is 5.55. The van der Waals surface area contributed by atoms with Crippen molar-refractivity contribution in [3.63, 3.8) is 0 Å². The molecule has 0 saturated heterocycles. The van der Waals surface area contributed by atoms with Crippen molar-refractivity contribution in [2.75, 3.05) is 0 Å². The molecule has 2 heterocycles. The maximum absolute atomic E-state index is 13.9. The first kappa shape index (κ1) is 15.6. The van der Waals surface area contributed by atoms with Gasteiger partial charge in [-0.05, 0) is 32.0 Å². The van der Waals surface area contributed by atoms with E-state index in [0.717, 1.165) is 32.1 Å². The number of nitrogens with zero attached hydrogens (tertiary/aromatic N) is 2. The number of aliphatic imine (C=N–C) groups is 1. The van der Waals surface area contributed by atoms with E-state index in [-0.39, 0.29) is 10.7 Å². The molecule has 0 fully saturated rings.